The Labute approximate surface area is 107 Å². The summed E-state index contributed by atoms with van der Waals surface area (Å²) in [5.41, 5.74) is 0. The van der Waals surface area contributed by atoms with E-state index >= 15 is 0 Å². The van der Waals surface area contributed by atoms with Crippen LogP contribution in [-0.4, -0.2) is 54.1 Å². The summed E-state index contributed by atoms with van der Waals surface area (Å²) in [6.07, 6.45) is 0.854. The van der Waals surface area contributed by atoms with Crippen LogP contribution < -0.4 is 10.6 Å². The fourth-order valence-corrected chi connectivity index (χ4v) is 1.17. The van der Waals surface area contributed by atoms with Crippen molar-refractivity contribution in [2.75, 3.05) is 19.8 Å². The predicted octanol–water partition coefficient (Wildman–Crippen LogP) is -0.0637. The number of urea groups is 1. The molecule has 0 rings (SSSR count). The van der Waals surface area contributed by atoms with Gasteiger partial charge in [0.25, 0.3) is 0 Å². The molecule has 0 aliphatic heterocycles. The molecule has 2 amide bonds. The van der Waals surface area contributed by atoms with Gasteiger partial charge in [-0.3, -0.25) is 0 Å². The SMILES string of the molecule is CCCCOCCNC(=O)NC(C(=O)O)C(C)O. The minimum absolute atomic E-state index is 0.293. The third kappa shape index (κ3) is 7.86. The van der Waals surface area contributed by atoms with Crippen LogP contribution >= 0.6 is 0 Å². The molecule has 7 heteroatoms. The smallest absolute Gasteiger partial charge is 0.328 e. The largest absolute Gasteiger partial charge is 0.480 e. The second-order valence-electron chi connectivity index (χ2n) is 3.92. The molecule has 0 spiro atoms. The topological polar surface area (TPSA) is 108 Å². The maximum absolute atomic E-state index is 11.3. The highest BCUT2D eigenvalue weighted by Crippen LogP contribution is 1.92. The maximum Gasteiger partial charge on any atom is 0.328 e. The van der Waals surface area contributed by atoms with Gasteiger partial charge in [0.1, 0.15) is 0 Å². The molecule has 0 saturated carbocycles. The number of hydrogen-bond acceptors (Lipinski definition) is 4. The first-order valence-corrected chi connectivity index (χ1v) is 6.02. The third-order valence-electron chi connectivity index (χ3n) is 2.21. The van der Waals surface area contributed by atoms with Crippen LogP contribution in [0.15, 0.2) is 0 Å². The molecule has 0 heterocycles. The summed E-state index contributed by atoms with van der Waals surface area (Å²) in [4.78, 5) is 22.0. The van der Waals surface area contributed by atoms with Crippen molar-refractivity contribution in [2.24, 2.45) is 0 Å². The fourth-order valence-electron chi connectivity index (χ4n) is 1.17. The molecule has 18 heavy (non-hydrogen) atoms. The van der Waals surface area contributed by atoms with Gasteiger partial charge in [-0.1, -0.05) is 13.3 Å². The van der Waals surface area contributed by atoms with Gasteiger partial charge in [-0.25, -0.2) is 9.59 Å². The standard InChI is InChI=1S/C11H22N2O5/c1-3-4-6-18-7-5-12-11(17)13-9(8(2)14)10(15)16/h8-9,14H,3-7H2,1-2H3,(H,15,16)(H2,12,13,17). The van der Waals surface area contributed by atoms with E-state index in [1.54, 1.807) is 0 Å². The van der Waals surface area contributed by atoms with Crippen LogP contribution in [0, 0.1) is 0 Å². The van der Waals surface area contributed by atoms with Crippen molar-refractivity contribution in [2.45, 2.75) is 38.8 Å². The summed E-state index contributed by atoms with van der Waals surface area (Å²) in [6.45, 7) is 4.66. The van der Waals surface area contributed by atoms with Gasteiger partial charge in [0, 0.05) is 13.2 Å². The number of ether oxygens (including phenoxy) is 1. The molecule has 7 nitrogen and oxygen atoms in total. The second-order valence-corrected chi connectivity index (χ2v) is 3.92. The monoisotopic (exact) mass is 262 g/mol. The van der Waals surface area contributed by atoms with Crippen LogP contribution in [0.2, 0.25) is 0 Å². The van der Waals surface area contributed by atoms with Gasteiger partial charge in [-0.05, 0) is 13.3 Å². The van der Waals surface area contributed by atoms with Gasteiger partial charge in [0.05, 0.1) is 12.7 Å². The number of aliphatic carboxylic acids is 1. The molecule has 0 aromatic heterocycles. The average Bonchev–Trinajstić information content (AvgIpc) is 2.29. The number of carbonyl (C=O) groups excluding carboxylic acids is 1. The minimum atomic E-state index is -1.31. The average molecular weight is 262 g/mol. The van der Waals surface area contributed by atoms with Gasteiger partial charge in [0.15, 0.2) is 6.04 Å². The van der Waals surface area contributed by atoms with Crippen molar-refractivity contribution in [3.8, 4) is 0 Å². The molecule has 0 aliphatic rings. The highest BCUT2D eigenvalue weighted by molar-refractivity contribution is 5.82. The first-order valence-electron chi connectivity index (χ1n) is 6.02. The van der Waals surface area contributed by atoms with Crippen LogP contribution in [0.5, 0.6) is 0 Å². The lowest BCUT2D eigenvalue weighted by Gasteiger charge is -2.17. The Morgan fingerprint density at radius 2 is 2.00 bits per heavy atom. The zero-order chi connectivity index (χ0) is 14.0. The number of aliphatic hydroxyl groups is 1. The van der Waals surface area contributed by atoms with Crippen LogP contribution in [0.3, 0.4) is 0 Å². The van der Waals surface area contributed by atoms with E-state index in [4.69, 9.17) is 14.9 Å². The molecule has 2 atom stereocenters. The van der Waals surface area contributed by atoms with E-state index in [0.29, 0.717) is 19.8 Å². The van der Waals surface area contributed by atoms with Crippen molar-refractivity contribution in [3.05, 3.63) is 0 Å². The molecule has 0 saturated heterocycles. The molecule has 0 aromatic carbocycles. The van der Waals surface area contributed by atoms with Crippen molar-refractivity contribution in [1.29, 1.82) is 0 Å². The van der Waals surface area contributed by atoms with Crippen LogP contribution in [-0.2, 0) is 9.53 Å². The molecule has 0 bridgehead atoms. The van der Waals surface area contributed by atoms with Crippen molar-refractivity contribution in [1.82, 2.24) is 10.6 Å². The van der Waals surface area contributed by atoms with Crippen molar-refractivity contribution >= 4 is 12.0 Å². The van der Waals surface area contributed by atoms with E-state index in [-0.39, 0.29) is 0 Å². The molecule has 2 unspecified atom stereocenters. The summed E-state index contributed by atoms with van der Waals surface area (Å²) < 4.78 is 5.22. The Morgan fingerprint density at radius 3 is 2.50 bits per heavy atom. The first kappa shape index (κ1) is 16.7. The van der Waals surface area contributed by atoms with Crippen molar-refractivity contribution in [3.63, 3.8) is 0 Å². The van der Waals surface area contributed by atoms with Gasteiger partial charge in [-0.15, -0.1) is 0 Å². The second kappa shape index (κ2) is 9.67. The van der Waals surface area contributed by atoms with Crippen LogP contribution in [0.4, 0.5) is 4.79 Å². The highest BCUT2D eigenvalue weighted by atomic mass is 16.5. The van der Waals surface area contributed by atoms with E-state index in [0.717, 1.165) is 12.8 Å². The van der Waals surface area contributed by atoms with E-state index in [9.17, 15) is 9.59 Å². The molecule has 0 aromatic rings. The molecule has 0 fully saturated rings. The third-order valence-corrected chi connectivity index (χ3v) is 2.21. The molecule has 106 valence electrons. The van der Waals surface area contributed by atoms with E-state index in [1.807, 2.05) is 0 Å². The lowest BCUT2D eigenvalue weighted by Crippen LogP contribution is -2.51. The molecule has 4 N–H and O–H groups in total. The van der Waals surface area contributed by atoms with Crippen LogP contribution in [0.1, 0.15) is 26.7 Å². The predicted molar refractivity (Wildman–Crippen MR) is 65.4 cm³/mol. The first-order chi connectivity index (χ1) is 8.49. The van der Waals surface area contributed by atoms with Gasteiger partial charge >= 0.3 is 12.0 Å². The minimum Gasteiger partial charge on any atom is -0.480 e. The molecule has 0 aliphatic carbocycles. The zero-order valence-electron chi connectivity index (χ0n) is 10.8. The fraction of sp³-hybridized carbons (Fsp3) is 0.818. The highest BCUT2D eigenvalue weighted by Gasteiger charge is 2.24. The lowest BCUT2D eigenvalue weighted by molar-refractivity contribution is -0.141. The van der Waals surface area contributed by atoms with Gasteiger partial charge < -0.3 is 25.6 Å². The Bertz CT molecular complexity index is 258. The number of carbonyl (C=O) groups is 2. The normalized spacial score (nSPS) is 13.7. The zero-order valence-corrected chi connectivity index (χ0v) is 10.8. The lowest BCUT2D eigenvalue weighted by atomic mass is 10.2. The number of rotatable bonds is 9. The number of carboxylic acid groups (broad SMARTS) is 1. The number of nitrogens with one attached hydrogen (secondary N) is 2. The van der Waals surface area contributed by atoms with Crippen LogP contribution in [0.25, 0.3) is 0 Å². The summed E-state index contributed by atoms with van der Waals surface area (Å²) >= 11 is 0. The number of aliphatic hydroxyl groups excluding tert-OH is 1. The molecule has 0 radical (unpaired) electrons. The quantitative estimate of drug-likeness (QED) is 0.435. The number of carboxylic acids is 1. The summed E-state index contributed by atoms with van der Waals surface area (Å²) in [7, 11) is 0. The Kier molecular flexibility index (Phi) is 8.95. The van der Waals surface area contributed by atoms with Crippen molar-refractivity contribution < 1.29 is 24.5 Å². The molecular formula is C11H22N2O5. The Balaban J connectivity index is 3.72. The maximum atomic E-state index is 11.3. The van der Waals surface area contributed by atoms with E-state index in [2.05, 4.69) is 17.6 Å². The number of unbranched alkanes of at least 4 members (excludes halogenated alkanes) is 1. The van der Waals surface area contributed by atoms with E-state index < -0.39 is 24.1 Å². The molecular weight excluding hydrogens is 240 g/mol. The van der Waals surface area contributed by atoms with Gasteiger partial charge in [0.2, 0.25) is 0 Å². The Hall–Kier alpha value is -1.34. The number of hydrogen-bond donors (Lipinski definition) is 4. The van der Waals surface area contributed by atoms with Gasteiger partial charge in [-0.2, -0.15) is 0 Å². The Morgan fingerprint density at radius 1 is 1.33 bits per heavy atom. The number of amides is 2. The summed E-state index contributed by atoms with van der Waals surface area (Å²) in [5, 5.41) is 22.5. The van der Waals surface area contributed by atoms with E-state index in [1.165, 1.54) is 6.92 Å². The summed E-state index contributed by atoms with van der Waals surface area (Å²) in [6, 6.07) is -1.95. The summed E-state index contributed by atoms with van der Waals surface area (Å²) in [5.74, 6) is -1.28.